The van der Waals surface area contributed by atoms with E-state index in [0.29, 0.717) is 17.6 Å². The summed E-state index contributed by atoms with van der Waals surface area (Å²) >= 11 is 1.90. The Morgan fingerprint density at radius 3 is 2.44 bits per heavy atom. The summed E-state index contributed by atoms with van der Waals surface area (Å²) in [5.41, 5.74) is 3.26. The van der Waals surface area contributed by atoms with Crippen molar-refractivity contribution in [2.45, 2.75) is 44.9 Å². The lowest BCUT2D eigenvalue weighted by molar-refractivity contribution is -0.131. The molecule has 1 fully saturated rings. The van der Waals surface area contributed by atoms with E-state index < -0.39 is 0 Å². The Hall–Kier alpha value is -2.54. The first-order valence-electron chi connectivity index (χ1n) is 12.0. The van der Waals surface area contributed by atoms with Gasteiger partial charge in [-0.2, -0.15) is 11.8 Å². The van der Waals surface area contributed by atoms with Crippen molar-refractivity contribution in [1.29, 1.82) is 0 Å². The van der Waals surface area contributed by atoms with Crippen LogP contribution in [0.2, 0.25) is 0 Å². The molecule has 0 spiro atoms. The van der Waals surface area contributed by atoms with E-state index >= 15 is 0 Å². The maximum absolute atomic E-state index is 13.6. The van der Waals surface area contributed by atoms with Gasteiger partial charge in [-0.3, -0.25) is 14.4 Å². The third kappa shape index (κ3) is 4.67. The van der Waals surface area contributed by atoms with Crippen LogP contribution in [-0.4, -0.2) is 61.2 Å². The molecule has 7 heteroatoms. The van der Waals surface area contributed by atoms with Gasteiger partial charge in [0.25, 0.3) is 0 Å². The maximum Gasteiger partial charge on any atom is 0.228 e. The van der Waals surface area contributed by atoms with Gasteiger partial charge in [0.2, 0.25) is 29.0 Å². The van der Waals surface area contributed by atoms with Crippen LogP contribution in [0, 0.1) is 5.92 Å². The molecule has 2 aliphatic carbocycles. The first-order chi connectivity index (χ1) is 16.5. The zero-order valence-electron chi connectivity index (χ0n) is 20.2. The highest BCUT2D eigenvalue weighted by atomic mass is 32.2. The lowest BCUT2D eigenvalue weighted by atomic mass is 9.67. The lowest BCUT2D eigenvalue weighted by Gasteiger charge is -2.37. The molecule has 2 atom stereocenters. The van der Waals surface area contributed by atoms with Gasteiger partial charge in [0.1, 0.15) is 0 Å². The van der Waals surface area contributed by atoms with Crippen molar-refractivity contribution in [3.05, 3.63) is 58.1 Å². The Labute approximate surface area is 205 Å². The molecule has 182 valence electrons. The Morgan fingerprint density at radius 1 is 1.06 bits per heavy atom. The largest absolute Gasteiger partial charge is 0.489 e. The summed E-state index contributed by atoms with van der Waals surface area (Å²) < 4.78 is 10.6. The van der Waals surface area contributed by atoms with Gasteiger partial charge in [-0.1, -0.05) is 24.3 Å². The molecule has 0 radical (unpaired) electrons. The minimum Gasteiger partial charge on any atom is -0.489 e. The van der Waals surface area contributed by atoms with Gasteiger partial charge in [0.15, 0.2) is 0 Å². The Morgan fingerprint density at radius 2 is 1.74 bits per heavy atom. The number of fused-ring (bicyclic) bond motifs is 1. The molecular weight excluding hydrogens is 450 g/mol. The molecule has 1 aromatic rings. The van der Waals surface area contributed by atoms with Crippen LogP contribution >= 0.6 is 11.8 Å². The van der Waals surface area contributed by atoms with Crippen molar-refractivity contribution >= 4 is 29.2 Å². The standard InChI is InChI=1S/C27H33NO5S/c1-17-22(25(31)27(33-3)26(32-2)24(17)30)23-19(12-11-18-7-4-5-9-20(18)23)8-6-10-21(29)28-13-15-34-16-14-28/h4-5,7,9,19,23H,6,8,10-16H2,1-3H3. The molecule has 0 aromatic heterocycles. The third-order valence-electron chi connectivity index (χ3n) is 7.30. The molecule has 1 heterocycles. The Balaban J connectivity index is 1.60. The second kappa shape index (κ2) is 10.8. The quantitative estimate of drug-likeness (QED) is 0.545. The minimum absolute atomic E-state index is 0.0203. The van der Waals surface area contributed by atoms with Gasteiger partial charge in [-0.05, 0) is 49.7 Å². The summed E-state index contributed by atoms with van der Waals surface area (Å²) in [6.07, 6.45) is 3.97. The van der Waals surface area contributed by atoms with Crippen LogP contribution in [0.25, 0.3) is 0 Å². The summed E-state index contributed by atoms with van der Waals surface area (Å²) in [6.45, 7) is 3.38. The maximum atomic E-state index is 13.6. The van der Waals surface area contributed by atoms with Crippen LogP contribution in [0.4, 0.5) is 0 Å². The van der Waals surface area contributed by atoms with Crippen molar-refractivity contribution in [3.8, 4) is 0 Å². The van der Waals surface area contributed by atoms with E-state index in [0.717, 1.165) is 55.8 Å². The molecule has 4 rings (SSSR count). The molecule has 1 aromatic carbocycles. The third-order valence-corrected chi connectivity index (χ3v) is 8.25. The zero-order valence-corrected chi connectivity index (χ0v) is 21.0. The van der Waals surface area contributed by atoms with Gasteiger partial charge < -0.3 is 14.4 Å². The lowest BCUT2D eigenvalue weighted by Crippen LogP contribution is -2.37. The number of amides is 1. The van der Waals surface area contributed by atoms with Gasteiger partial charge in [-0.15, -0.1) is 0 Å². The van der Waals surface area contributed by atoms with E-state index in [1.807, 2.05) is 28.8 Å². The second-order valence-corrected chi connectivity index (χ2v) is 10.3. The number of hydrogen-bond acceptors (Lipinski definition) is 6. The molecule has 3 aliphatic rings. The van der Waals surface area contributed by atoms with E-state index in [1.54, 1.807) is 6.92 Å². The molecule has 0 bridgehead atoms. The fourth-order valence-electron chi connectivity index (χ4n) is 5.55. The predicted molar refractivity (Wildman–Crippen MR) is 133 cm³/mol. The normalized spacial score (nSPS) is 23.2. The number of hydrogen-bond donors (Lipinski definition) is 0. The summed E-state index contributed by atoms with van der Waals surface area (Å²) in [6, 6.07) is 8.19. The highest BCUT2D eigenvalue weighted by molar-refractivity contribution is 7.99. The molecule has 1 amide bonds. The Bertz CT molecular complexity index is 1040. The molecule has 2 unspecified atom stereocenters. The second-order valence-electron chi connectivity index (χ2n) is 9.12. The van der Waals surface area contributed by atoms with Gasteiger partial charge in [0.05, 0.1) is 14.2 Å². The van der Waals surface area contributed by atoms with Crippen LogP contribution in [-0.2, 0) is 30.3 Å². The highest BCUT2D eigenvalue weighted by Crippen LogP contribution is 2.46. The summed E-state index contributed by atoms with van der Waals surface area (Å²) in [4.78, 5) is 41.4. The van der Waals surface area contributed by atoms with Crippen LogP contribution in [0.1, 0.15) is 49.7 Å². The molecule has 0 saturated carbocycles. The van der Waals surface area contributed by atoms with Crippen molar-refractivity contribution in [2.75, 3.05) is 38.8 Å². The number of carbonyl (C=O) groups excluding carboxylic acids is 3. The fraction of sp³-hybridized carbons (Fsp3) is 0.519. The number of thioether (sulfide) groups is 1. The smallest absolute Gasteiger partial charge is 0.228 e. The number of carbonyl (C=O) groups is 3. The van der Waals surface area contributed by atoms with Gasteiger partial charge in [0, 0.05) is 48.1 Å². The van der Waals surface area contributed by atoms with E-state index in [4.69, 9.17) is 9.47 Å². The van der Waals surface area contributed by atoms with Crippen molar-refractivity contribution in [2.24, 2.45) is 5.92 Å². The number of allylic oxidation sites excluding steroid dienone is 2. The highest BCUT2D eigenvalue weighted by Gasteiger charge is 2.42. The summed E-state index contributed by atoms with van der Waals surface area (Å²) in [5, 5.41) is 0. The van der Waals surface area contributed by atoms with E-state index in [1.165, 1.54) is 19.8 Å². The molecule has 1 saturated heterocycles. The summed E-state index contributed by atoms with van der Waals surface area (Å²) in [7, 11) is 2.78. The number of methoxy groups -OCH3 is 2. The molecule has 1 aliphatic heterocycles. The number of aryl methyl sites for hydroxylation is 1. The van der Waals surface area contributed by atoms with Crippen LogP contribution in [0.15, 0.2) is 46.9 Å². The number of nitrogens with zero attached hydrogens (tertiary/aromatic N) is 1. The number of ketones is 2. The van der Waals surface area contributed by atoms with Crippen LogP contribution in [0.3, 0.4) is 0 Å². The van der Waals surface area contributed by atoms with E-state index in [2.05, 4.69) is 12.1 Å². The Kier molecular flexibility index (Phi) is 7.81. The first kappa shape index (κ1) is 24.6. The molecule has 0 N–H and O–H groups in total. The zero-order chi connectivity index (χ0) is 24.2. The average molecular weight is 484 g/mol. The predicted octanol–water partition coefficient (Wildman–Crippen LogP) is 4.05. The molecule has 6 nitrogen and oxygen atoms in total. The monoisotopic (exact) mass is 483 g/mol. The first-order valence-corrected chi connectivity index (χ1v) is 13.2. The SMILES string of the molecule is COC1=C(OC)C(=O)C(C2c3ccccc3CCC2CCCC(=O)N2CCSCC2)=C(C)C1=O. The van der Waals surface area contributed by atoms with Crippen molar-refractivity contribution in [1.82, 2.24) is 4.90 Å². The van der Waals surface area contributed by atoms with Crippen molar-refractivity contribution in [3.63, 3.8) is 0 Å². The van der Waals surface area contributed by atoms with Crippen molar-refractivity contribution < 1.29 is 23.9 Å². The average Bonchev–Trinajstić information content (AvgIpc) is 2.87. The number of benzene rings is 1. The van der Waals surface area contributed by atoms with Crippen LogP contribution < -0.4 is 0 Å². The molecular formula is C27H33NO5S. The number of rotatable bonds is 7. The molecule has 34 heavy (non-hydrogen) atoms. The van der Waals surface area contributed by atoms with Crippen LogP contribution in [0.5, 0.6) is 0 Å². The van der Waals surface area contributed by atoms with Gasteiger partial charge in [-0.25, -0.2) is 0 Å². The topological polar surface area (TPSA) is 72.9 Å². The minimum atomic E-state index is -0.297. The summed E-state index contributed by atoms with van der Waals surface area (Å²) in [5.74, 6) is 1.59. The number of Topliss-reactive ketones (excluding diaryl/α,β-unsaturated/α-hetero) is 2. The van der Waals surface area contributed by atoms with E-state index in [-0.39, 0.29) is 40.8 Å². The van der Waals surface area contributed by atoms with E-state index in [9.17, 15) is 14.4 Å². The van der Waals surface area contributed by atoms with Gasteiger partial charge >= 0.3 is 0 Å². The fourth-order valence-corrected chi connectivity index (χ4v) is 6.46. The number of ether oxygens (including phenoxy) is 2.